The van der Waals surface area contributed by atoms with E-state index in [1.807, 2.05) is 45.2 Å². The lowest BCUT2D eigenvalue weighted by atomic mass is 10.1. The van der Waals surface area contributed by atoms with Crippen LogP contribution in [0.5, 0.6) is 0 Å². The molecule has 106 valence electrons. The number of nitrogens with zero attached hydrogens (tertiary/aromatic N) is 1. The third-order valence-electron chi connectivity index (χ3n) is 3.14. The molecule has 0 aliphatic carbocycles. The van der Waals surface area contributed by atoms with Crippen LogP contribution in [-0.4, -0.2) is 30.7 Å². The summed E-state index contributed by atoms with van der Waals surface area (Å²) in [5, 5.41) is 9.77. The van der Waals surface area contributed by atoms with Gasteiger partial charge in [-0.1, -0.05) is 35.0 Å². The minimum atomic E-state index is -0.252. The van der Waals surface area contributed by atoms with Crippen molar-refractivity contribution in [2.75, 3.05) is 13.6 Å². The zero-order chi connectivity index (χ0) is 14.5. The molecule has 0 saturated carbocycles. The van der Waals surface area contributed by atoms with Crippen molar-refractivity contribution in [3.05, 3.63) is 41.7 Å². The molecule has 0 fully saturated rings. The average Bonchev–Trinajstić information content (AvgIpc) is 2.95. The second-order valence-electron chi connectivity index (χ2n) is 4.84. The molecule has 20 heavy (non-hydrogen) atoms. The number of benzene rings is 1. The molecule has 1 aromatic heterocycles. The highest BCUT2D eigenvalue weighted by Crippen LogP contribution is 2.19. The quantitative estimate of drug-likeness (QED) is 0.874. The Morgan fingerprint density at radius 2 is 2.05 bits per heavy atom. The Bertz CT molecular complexity index is 575. The standard InChI is InChI=1S/C15H19N3O2/c1-10-4-6-12(7-5-10)13-8-14(20-18-13)15(19)17-9-11(2)16-3/h4-8,11,16H,9H2,1-3H3,(H,17,19). The molecular formula is C15H19N3O2. The first kappa shape index (κ1) is 14.3. The molecule has 0 saturated heterocycles. The number of carbonyl (C=O) groups is 1. The zero-order valence-corrected chi connectivity index (χ0v) is 11.9. The molecule has 2 N–H and O–H groups in total. The van der Waals surface area contributed by atoms with Crippen LogP contribution in [0.2, 0.25) is 0 Å². The third kappa shape index (κ3) is 3.45. The summed E-state index contributed by atoms with van der Waals surface area (Å²) in [5.41, 5.74) is 2.77. The number of likely N-dealkylation sites (N-methyl/N-ethyl adjacent to an activating group) is 1. The van der Waals surface area contributed by atoms with Gasteiger partial charge in [0.1, 0.15) is 5.69 Å². The second kappa shape index (κ2) is 6.34. The van der Waals surface area contributed by atoms with Crippen molar-refractivity contribution in [3.8, 4) is 11.3 Å². The Hall–Kier alpha value is -2.14. The van der Waals surface area contributed by atoms with Crippen molar-refractivity contribution in [2.24, 2.45) is 0 Å². The van der Waals surface area contributed by atoms with Crippen LogP contribution in [0, 0.1) is 6.92 Å². The highest BCUT2D eigenvalue weighted by Gasteiger charge is 2.14. The molecule has 1 unspecified atom stereocenters. The summed E-state index contributed by atoms with van der Waals surface area (Å²) in [6, 6.07) is 9.77. The van der Waals surface area contributed by atoms with Crippen LogP contribution in [0.15, 0.2) is 34.9 Å². The van der Waals surface area contributed by atoms with Gasteiger partial charge in [0.05, 0.1) is 0 Å². The van der Waals surface area contributed by atoms with E-state index in [-0.39, 0.29) is 17.7 Å². The molecule has 1 aromatic carbocycles. The van der Waals surface area contributed by atoms with Crippen LogP contribution in [0.25, 0.3) is 11.3 Å². The normalized spacial score (nSPS) is 12.2. The molecule has 0 aliphatic rings. The second-order valence-corrected chi connectivity index (χ2v) is 4.84. The molecule has 1 atom stereocenters. The molecule has 0 bridgehead atoms. The molecule has 2 rings (SSSR count). The van der Waals surface area contributed by atoms with E-state index >= 15 is 0 Å². The van der Waals surface area contributed by atoms with Crippen LogP contribution in [-0.2, 0) is 0 Å². The fourth-order valence-corrected chi connectivity index (χ4v) is 1.68. The predicted octanol–water partition coefficient (Wildman–Crippen LogP) is 1.99. The molecule has 1 amide bonds. The largest absolute Gasteiger partial charge is 0.350 e. The lowest BCUT2D eigenvalue weighted by molar-refractivity contribution is 0.0913. The minimum absolute atomic E-state index is 0.207. The van der Waals surface area contributed by atoms with Crippen molar-refractivity contribution in [3.63, 3.8) is 0 Å². The van der Waals surface area contributed by atoms with Gasteiger partial charge in [0.15, 0.2) is 0 Å². The number of carbonyl (C=O) groups excluding carboxylic acids is 1. The van der Waals surface area contributed by atoms with Gasteiger partial charge in [-0.3, -0.25) is 4.79 Å². The summed E-state index contributed by atoms with van der Waals surface area (Å²) in [4.78, 5) is 11.9. The summed E-state index contributed by atoms with van der Waals surface area (Å²) in [7, 11) is 1.85. The molecule has 2 aromatic rings. The third-order valence-corrected chi connectivity index (χ3v) is 3.14. The number of hydrogen-bond acceptors (Lipinski definition) is 4. The minimum Gasteiger partial charge on any atom is -0.350 e. The predicted molar refractivity (Wildman–Crippen MR) is 77.5 cm³/mol. The summed E-state index contributed by atoms with van der Waals surface area (Å²) in [6.45, 7) is 4.54. The number of amides is 1. The van der Waals surface area contributed by atoms with Crippen molar-refractivity contribution in [1.29, 1.82) is 0 Å². The van der Waals surface area contributed by atoms with Gasteiger partial charge >= 0.3 is 0 Å². The van der Waals surface area contributed by atoms with Gasteiger partial charge in [0.2, 0.25) is 5.76 Å². The Kier molecular flexibility index (Phi) is 4.53. The van der Waals surface area contributed by atoms with Gasteiger partial charge in [-0.2, -0.15) is 0 Å². The molecule has 0 aliphatic heterocycles. The number of rotatable bonds is 5. The van der Waals surface area contributed by atoms with Gasteiger partial charge in [0.25, 0.3) is 5.91 Å². The van der Waals surface area contributed by atoms with E-state index in [2.05, 4.69) is 15.8 Å². The van der Waals surface area contributed by atoms with E-state index in [1.165, 1.54) is 5.56 Å². The Morgan fingerprint density at radius 3 is 2.70 bits per heavy atom. The first-order valence-corrected chi connectivity index (χ1v) is 6.59. The van der Waals surface area contributed by atoms with Gasteiger partial charge in [-0.25, -0.2) is 0 Å². The average molecular weight is 273 g/mol. The van der Waals surface area contributed by atoms with Crippen molar-refractivity contribution >= 4 is 5.91 Å². The molecule has 0 spiro atoms. The number of hydrogen-bond donors (Lipinski definition) is 2. The van der Waals surface area contributed by atoms with Crippen LogP contribution < -0.4 is 10.6 Å². The maximum atomic E-state index is 11.9. The van der Waals surface area contributed by atoms with E-state index in [4.69, 9.17) is 4.52 Å². The Morgan fingerprint density at radius 1 is 1.35 bits per heavy atom. The van der Waals surface area contributed by atoms with Crippen molar-refractivity contribution in [2.45, 2.75) is 19.9 Å². The number of aromatic nitrogens is 1. The molecule has 5 nitrogen and oxygen atoms in total. The molecule has 5 heteroatoms. The number of aryl methyl sites for hydroxylation is 1. The van der Waals surface area contributed by atoms with E-state index < -0.39 is 0 Å². The van der Waals surface area contributed by atoms with E-state index in [1.54, 1.807) is 6.07 Å². The van der Waals surface area contributed by atoms with Crippen LogP contribution >= 0.6 is 0 Å². The topological polar surface area (TPSA) is 67.2 Å². The van der Waals surface area contributed by atoms with Gasteiger partial charge in [0, 0.05) is 24.2 Å². The summed E-state index contributed by atoms with van der Waals surface area (Å²) in [5.74, 6) is -0.0261. The van der Waals surface area contributed by atoms with Gasteiger partial charge in [-0.05, 0) is 20.9 Å². The fraction of sp³-hybridized carbons (Fsp3) is 0.333. The summed E-state index contributed by atoms with van der Waals surface area (Å²) >= 11 is 0. The fourth-order valence-electron chi connectivity index (χ4n) is 1.68. The Balaban J connectivity index is 2.05. The maximum absolute atomic E-state index is 11.9. The SMILES string of the molecule is CNC(C)CNC(=O)c1cc(-c2ccc(C)cc2)no1. The van der Waals surface area contributed by atoms with Crippen LogP contribution in [0.4, 0.5) is 0 Å². The van der Waals surface area contributed by atoms with E-state index in [9.17, 15) is 4.79 Å². The monoisotopic (exact) mass is 273 g/mol. The van der Waals surface area contributed by atoms with E-state index in [0.29, 0.717) is 12.2 Å². The maximum Gasteiger partial charge on any atom is 0.289 e. The van der Waals surface area contributed by atoms with Crippen molar-refractivity contribution < 1.29 is 9.32 Å². The molecular weight excluding hydrogens is 254 g/mol. The lowest BCUT2D eigenvalue weighted by Gasteiger charge is -2.09. The highest BCUT2D eigenvalue weighted by atomic mass is 16.5. The first-order valence-electron chi connectivity index (χ1n) is 6.59. The zero-order valence-electron chi connectivity index (χ0n) is 11.9. The smallest absolute Gasteiger partial charge is 0.289 e. The van der Waals surface area contributed by atoms with Crippen LogP contribution in [0.1, 0.15) is 23.0 Å². The molecule has 1 heterocycles. The van der Waals surface area contributed by atoms with Crippen molar-refractivity contribution in [1.82, 2.24) is 15.8 Å². The Labute approximate surface area is 118 Å². The lowest BCUT2D eigenvalue weighted by Crippen LogP contribution is -2.37. The van der Waals surface area contributed by atoms with Gasteiger partial charge < -0.3 is 15.2 Å². The summed E-state index contributed by atoms with van der Waals surface area (Å²) < 4.78 is 5.09. The van der Waals surface area contributed by atoms with E-state index in [0.717, 1.165) is 5.56 Å². The first-order chi connectivity index (χ1) is 9.60. The number of nitrogens with one attached hydrogen (secondary N) is 2. The van der Waals surface area contributed by atoms with Crippen LogP contribution in [0.3, 0.4) is 0 Å². The highest BCUT2D eigenvalue weighted by molar-refractivity contribution is 5.92. The van der Waals surface area contributed by atoms with Gasteiger partial charge in [-0.15, -0.1) is 0 Å². The summed E-state index contributed by atoms with van der Waals surface area (Å²) in [6.07, 6.45) is 0. The molecule has 0 radical (unpaired) electrons.